The van der Waals surface area contributed by atoms with E-state index in [1.807, 2.05) is 24.4 Å². The van der Waals surface area contributed by atoms with E-state index in [2.05, 4.69) is 0 Å². The average Bonchev–Trinajstić information content (AvgIpc) is 2.51. The molecular weight excluding hydrogens is 172 g/mol. The van der Waals surface area contributed by atoms with Gasteiger partial charge in [-0.2, -0.15) is 0 Å². The minimum Gasteiger partial charge on any atom is -0.481 e. The second-order valence-corrected chi connectivity index (χ2v) is 3.67. The summed E-state index contributed by atoms with van der Waals surface area (Å²) >= 11 is 1.52. The van der Waals surface area contributed by atoms with Crippen LogP contribution in [0.2, 0.25) is 0 Å². The number of aliphatic carboxylic acids is 1. The zero-order valence-corrected chi connectivity index (χ0v) is 7.80. The fourth-order valence-electron chi connectivity index (χ4n) is 1.17. The third-order valence-corrected chi connectivity index (χ3v) is 2.75. The summed E-state index contributed by atoms with van der Waals surface area (Å²) in [6.07, 6.45) is 1.64. The zero-order chi connectivity index (χ0) is 8.97. The summed E-state index contributed by atoms with van der Waals surface area (Å²) in [5.74, 6) is -1.01. The van der Waals surface area contributed by atoms with Crippen molar-refractivity contribution < 1.29 is 9.90 Å². The fourth-order valence-corrected chi connectivity index (χ4v) is 2.02. The van der Waals surface area contributed by atoms with Crippen LogP contribution >= 0.6 is 11.3 Å². The van der Waals surface area contributed by atoms with Crippen molar-refractivity contribution in [2.75, 3.05) is 0 Å². The van der Waals surface area contributed by atoms with Crippen LogP contribution in [0, 0.1) is 0 Å². The van der Waals surface area contributed by atoms with E-state index in [1.165, 1.54) is 11.3 Å². The molecule has 0 saturated carbocycles. The molecule has 0 aliphatic carbocycles. The van der Waals surface area contributed by atoms with Crippen molar-refractivity contribution in [1.82, 2.24) is 0 Å². The number of carboxylic acid groups (broad SMARTS) is 1. The molecule has 0 amide bonds. The van der Waals surface area contributed by atoms with Crippen molar-refractivity contribution in [3.8, 4) is 0 Å². The van der Waals surface area contributed by atoms with Crippen molar-refractivity contribution in [3.05, 3.63) is 22.4 Å². The van der Waals surface area contributed by atoms with Crippen molar-refractivity contribution in [1.29, 1.82) is 0 Å². The molecule has 0 fully saturated rings. The first kappa shape index (κ1) is 9.26. The molecule has 12 heavy (non-hydrogen) atoms. The van der Waals surface area contributed by atoms with Gasteiger partial charge in [0.25, 0.3) is 0 Å². The van der Waals surface area contributed by atoms with Gasteiger partial charge in [-0.3, -0.25) is 4.79 Å². The number of thiophene rings is 1. The van der Waals surface area contributed by atoms with Crippen LogP contribution in [0.3, 0.4) is 0 Å². The van der Waals surface area contributed by atoms with Gasteiger partial charge in [-0.1, -0.05) is 19.4 Å². The second-order valence-electron chi connectivity index (χ2n) is 2.69. The quantitative estimate of drug-likeness (QED) is 0.781. The predicted octanol–water partition coefficient (Wildman–Crippen LogP) is 2.72. The second kappa shape index (κ2) is 4.26. The summed E-state index contributed by atoms with van der Waals surface area (Å²) in [6, 6.07) is 3.78. The lowest BCUT2D eigenvalue weighted by Crippen LogP contribution is -2.09. The van der Waals surface area contributed by atoms with E-state index in [0.29, 0.717) is 0 Å². The molecule has 66 valence electrons. The van der Waals surface area contributed by atoms with Gasteiger partial charge in [-0.15, -0.1) is 11.3 Å². The molecule has 1 heterocycles. The number of carbonyl (C=O) groups is 1. The van der Waals surface area contributed by atoms with Crippen LogP contribution in [0.15, 0.2) is 17.5 Å². The van der Waals surface area contributed by atoms with Gasteiger partial charge in [0.05, 0.1) is 5.92 Å². The highest BCUT2D eigenvalue weighted by molar-refractivity contribution is 7.10. The maximum absolute atomic E-state index is 10.8. The first-order valence-electron chi connectivity index (χ1n) is 4.02. The van der Waals surface area contributed by atoms with Gasteiger partial charge in [0.15, 0.2) is 0 Å². The number of rotatable bonds is 4. The van der Waals surface area contributed by atoms with Crippen LogP contribution in [0.1, 0.15) is 30.6 Å². The maximum atomic E-state index is 10.8. The minimum absolute atomic E-state index is 0.296. The van der Waals surface area contributed by atoms with E-state index in [4.69, 9.17) is 5.11 Å². The van der Waals surface area contributed by atoms with Gasteiger partial charge < -0.3 is 5.11 Å². The first-order chi connectivity index (χ1) is 5.75. The van der Waals surface area contributed by atoms with E-state index in [-0.39, 0.29) is 5.92 Å². The van der Waals surface area contributed by atoms with Gasteiger partial charge in [-0.05, 0) is 17.9 Å². The summed E-state index contributed by atoms with van der Waals surface area (Å²) in [5, 5.41) is 10.8. The minimum atomic E-state index is -0.709. The first-order valence-corrected chi connectivity index (χ1v) is 4.90. The molecule has 1 aromatic rings. The molecule has 0 saturated heterocycles. The van der Waals surface area contributed by atoms with Crippen LogP contribution in [0.5, 0.6) is 0 Å². The number of hydrogen-bond donors (Lipinski definition) is 1. The lowest BCUT2D eigenvalue weighted by atomic mass is 10.0. The van der Waals surface area contributed by atoms with Gasteiger partial charge in [-0.25, -0.2) is 0 Å². The Morgan fingerprint density at radius 2 is 2.50 bits per heavy atom. The van der Waals surface area contributed by atoms with Crippen LogP contribution < -0.4 is 0 Å². The standard InChI is InChI=1S/C9H12O2S/c1-2-4-7(9(10)11)8-5-3-6-12-8/h3,5-7H,2,4H2,1H3,(H,10,11)/t7-/m0/s1. The summed E-state index contributed by atoms with van der Waals surface area (Å²) in [6.45, 7) is 2.00. The fraction of sp³-hybridized carbons (Fsp3) is 0.444. The van der Waals surface area contributed by atoms with Crippen molar-refractivity contribution in [3.63, 3.8) is 0 Å². The van der Waals surface area contributed by atoms with Gasteiger partial charge >= 0.3 is 5.97 Å². The van der Waals surface area contributed by atoms with Gasteiger partial charge in [0.2, 0.25) is 0 Å². The largest absolute Gasteiger partial charge is 0.481 e. The molecule has 1 atom stereocenters. The van der Waals surface area contributed by atoms with Crippen molar-refractivity contribution in [2.45, 2.75) is 25.7 Å². The van der Waals surface area contributed by atoms with E-state index in [1.54, 1.807) is 0 Å². The Hall–Kier alpha value is -0.830. The van der Waals surface area contributed by atoms with E-state index in [0.717, 1.165) is 17.7 Å². The molecule has 3 heteroatoms. The molecule has 0 spiro atoms. The predicted molar refractivity (Wildman–Crippen MR) is 49.6 cm³/mol. The van der Waals surface area contributed by atoms with Crippen LogP contribution in [-0.2, 0) is 4.79 Å². The SMILES string of the molecule is CCC[C@H](C(=O)O)c1cccs1. The smallest absolute Gasteiger partial charge is 0.311 e. The van der Waals surface area contributed by atoms with Gasteiger partial charge in [0, 0.05) is 4.88 Å². The third kappa shape index (κ3) is 2.08. The average molecular weight is 184 g/mol. The molecule has 0 aromatic carbocycles. The Labute approximate surface area is 75.9 Å². The Balaban J connectivity index is 2.73. The Bertz CT molecular complexity index is 241. The van der Waals surface area contributed by atoms with E-state index in [9.17, 15) is 4.79 Å². The number of carboxylic acids is 1. The lowest BCUT2D eigenvalue weighted by molar-refractivity contribution is -0.138. The normalized spacial score (nSPS) is 12.8. The molecule has 1 rings (SSSR count). The Morgan fingerprint density at radius 3 is 2.92 bits per heavy atom. The Kier molecular flexibility index (Phi) is 3.29. The molecular formula is C9H12O2S. The molecule has 1 N–H and O–H groups in total. The summed E-state index contributed by atoms with van der Waals surface area (Å²) < 4.78 is 0. The summed E-state index contributed by atoms with van der Waals surface area (Å²) in [4.78, 5) is 11.8. The van der Waals surface area contributed by atoms with Crippen molar-refractivity contribution in [2.24, 2.45) is 0 Å². The molecule has 0 bridgehead atoms. The molecule has 0 aliphatic rings. The highest BCUT2D eigenvalue weighted by atomic mass is 32.1. The van der Waals surface area contributed by atoms with Crippen LogP contribution in [0.25, 0.3) is 0 Å². The van der Waals surface area contributed by atoms with Crippen LogP contribution in [-0.4, -0.2) is 11.1 Å². The van der Waals surface area contributed by atoms with Gasteiger partial charge in [0.1, 0.15) is 0 Å². The molecule has 0 aliphatic heterocycles. The van der Waals surface area contributed by atoms with Crippen molar-refractivity contribution >= 4 is 17.3 Å². The third-order valence-electron chi connectivity index (χ3n) is 1.76. The monoisotopic (exact) mass is 184 g/mol. The van der Waals surface area contributed by atoms with E-state index < -0.39 is 5.97 Å². The maximum Gasteiger partial charge on any atom is 0.311 e. The highest BCUT2D eigenvalue weighted by Crippen LogP contribution is 2.25. The van der Waals surface area contributed by atoms with Crippen LogP contribution in [0.4, 0.5) is 0 Å². The topological polar surface area (TPSA) is 37.3 Å². The highest BCUT2D eigenvalue weighted by Gasteiger charge is 2.18. The molecule has 2 nitrogen and oxygen atoms in total. The van der Waals surface area contributed by atoms with E-state index >= 15 is 0 Å². The molecule has 0 unspecified atom stereocenters. The summed E-state index contributed by atoms with van der Waals surface area (Å²) in [7, 11) is 0. The lowest BCUT2D eigenvalue weighted by Gasteiger charge is -2.07. The number of hydrogen-bond acceptors (Lipinski definition) is 2. The zero-order valence-electron chi connectivity index (χ0n) is 6.99. The Morgan fingerprint density at radius 1 is 1.75 bits per heavy atom. The molecule has 0 radical (unpaired) electrons. The summed E-state index contributed by atoms with van der Waals surface area (Å²) in [5.41, 5.74) is 0. The molecule has 1 aromatic heterocycles.